The van der Waals surface area contributed by atoms with Crippen LogP contribution in [-0.4, -0.2) is 65.7 Å². The van der Waals surface area contributed by atoms with Crippen molar-refractivity contribution >= 4 is 5.91 Å². The molecule has 0 unspecified atom stereocenters. The summed E-state index contributed by atoms with van der Waals surface area (Å²) in [7, 11) is 1.69. The Morgan fingerprint density at radius 2 is 2.10 bits per heavy atom. The Morgan fingerprint density at radius 1 is 1.43 bits per heavy atom. The maximum absolute atomic E-state index is 12.4. The quantitative estimate of drug-likeness (QED) is 0.839. The van der Waals surface area contributed by atoms with Gasteiger partial charge in [0.05, 0.1) is 6.54 Å². The first-order chi connectivity index (χ1) is 9.86. The van der Waals surface area contributed by atoms with E-state index in [2.05, 4.69) is 15.5 Å². The van der Waals surface area contributed by atoms with Crippen LogP contribution in [0.3, 0.4) is 0 Å². The molecule has 2 heterocycles. The summed E-state index contributed by atoms with van der Waals surface area (Å²) in [5.41, 5.74) is -0.614. The zero-order valence-electron chi connectivity index (χ0n) is 11.7. The number of hydrogen-bond acceptors (Lipinski definition) is 4. The van der Waals surface area contributed by atoms with E-state index in [0.717, 1.165) is 19.2 Å². The number of rotatable bonds is 4. The summed E-state index contributed by atoms with van der Waals surface area (Å²) in [5.74, 6) is -0.0189. The van der Waals surface area contributed by atoms with E-state index in [1.807, 2.05) is 0 Å². The fraction of sp³-hybridized carbons (Fsp3) is 0.667. The van der Waals surface area contributed by atoms with E-state index in [4.69, 9.17) is 0 Å². The van der Waals surface area contributed by atoms with Gasteiger partial charge in [-0.3, -0.25) is 14.8 Å². The van der Waals surface area contributed by atoms with E-state index in [9.17, 15) is 18.0 Å². The molecule has 1 aromatic heterocycles. The first kappa shape index (κ1) is 15.8. The summed E-state index contributed by atoms with van der Waals surface area (Å²) in [5, 5.41) is 8.73. The third-order valence-corrected chi connectivity index (χ3v) is 3.24. The molecule has 1 saturated heterocycles. The number of hydrogen-bond donors (Lipinski definition) is 2. The molecule has 0 aromatic carbocycles. The van der Waals surface area contributed by atoms with E-state index in [1.165, 1.54) is 0 Å². The molecule has 1 fully saturated rings. The van der Waals surface area contributed by atoms with Gasteiger partial charge in [-0.1, -0.05) is 0 Å². The van der Waals surface area contributed by atoms with Crippen molar-refractivity contribution in [2.45, 2.75) is 12.7 Å². The van der Waals surface area contributed by atoms with Crippen LogP contribution in [0.5, 0.6) is 0 Å². The molecule has 2 N–H and O–H groups in total. The lowest BCUT2D eigenvalue weighted by Gasteiger charge is -2.29. The van der Waals surface area contributed by atoms with Gasteiger partial charge in [0.15, 0.2) is 5.69 Å². The largest absolute Gasteiger partial charge is 0.435 e. The molecule has 0 spiro atoms. The molecule has 0 bridgehead atoms. The van der Waals surface area contributed by atoms with E-state index >= 15 is 0 Å². The second kappa shape index (κ2) is 6.44. The van der Waals surface area contributed by atoms with Gasteiger partial charge in [-0.25, -0.2) is 0 Å². The molecular weight excluding hydrogens is 287 g/mol. The van der Waals surface area contributed by atoms with Gasteiger partial charge < -0.3 is 10.2 Å². The zero-order valence-corrected chi connectivity index (χ0v) is 11.7. The van der Waals surface area contributed by atoms with Crippen LogP contribution in [0.2, 0.25) is 0 Å². The Hall–Kier alpha value is -1.61. The molecular formula is C12H18F3N5O. The van der Waals surface area contributed by atoms with Gasteiger partial charge in [0.2, 0.25) is 5.91 Å². The number of alkyl halides is 3. The number of nitrogens with zero attached hydrogens (tertiary/aromatic N) is 3. The number of H-pyrrole nitrogens is 1. The van der Waals surface area contributed by atoms with E-state index < -0.39 is 11.9 Å². The van der Waals surface area contributed by atoms with Crippen LogP contribution >= 0.6 is 0 Å². The first-order valence-corrected chi connectivity index (χ1v) is 6.65. The molecule has 0 radical (unpaired) electrons. The van der Waals surface area contributed by atoms with Gasteiger partial charge in [-0.2, -0.15) is 18.3 Å². The first-order valence-electron chi connectivity index (χ1n) is 6.65. The number of piperazine rings is 1. The summed E-state index contributed by atoms with van der Waals surface area (Å²) in [6.07, 6.45) is -4.45. The molecule has 9 heteroatoms. The predicted molar refractivity (Wildman–Crippen MR) is 69.4 cm³/mol. The van der Waals surface area contributed by atoms with Crippen molar-refractivity contribution in [3.05, 3.63) is 17.5 Å². The molecule has 0 aliphatic carbocycles. The number of amides is 1. The van der Waals surface area contributed by atoms with Crippen LogP contribution in [0.4, 0.5) is 13.2 Å². The SMILES string of the molecule is CN(CC(=O)N1CCNCC1)Cc1cc(C(F)(F)F)n[nH]1. The minimum Gasteiger partial charge on any atom is -0.339 e. The Balaban J connectivity index is 1.85. The van der Waals surface area contributed by atoms with Gasteiger partial charge in [-0.15, -0.1) is 0 Å². The van der Waals surface area contributed by atoms with Gasteiger partial charge in [-0.05, 0) is 13.1 Å². The number of carbonyl (C=O) groups is 1. The number of nitrogens with one attached hydrogen (secondary N) is 2. The van der Waals surface area contributed by atoms with Crippen LogP contribution in [0.25, 0.3) is 0 Å². The number of aromatic nitrogens is 2. The molecule has 118 valence electrons. The predicted octanol–water partition coefficient (Wildman–Crippen LogP) is 0.292. The van der Waals surface area contributed by atoms with Gasteiger partial charge in [0, 0.05) is 38.4 Å². The molecule has 1 aliphatic heterocycles. The number of carbonyl (C=O) groups excluding carboxylic acids is 1. The minimum absolute atomic E-state index is 0.0189. The summed E-state index contributed by atoms with van der Waals surface area (Å²) >= 11 is 0. The zero-order chi connectivity index (χ0) is 15.5. The molecule has 21 heavy (non-hydrogen) atoms. The summed E-state index contributed by atoms with van der Waals surface area (Å²) in [6, 6.07) is 0.964. The second-order valence-corrected chi connectivity index (χ2v) is 5.08. The van der Waals surface area contributed by atoms with Crippen LogP contribution in [0.15, 0.2) is 6.07 Å². The van der Waals surface area contributed by atoms with Gasteiger partial charge in [0.25, 0.3) is 0 Å². The molecule has 1 aromatic rings. The Morgan fingerprint density at radius 3 is 2.67 bits per heavy atom. The van der Waals surface area contributed by atoms with Gasteiger partial charge in [0.1, 0.15) is 0 Å². The highest BCUT2D eigenvalue weighted by molar-refractivity contribution is 5.78. The molecule has 1 aliphatic rings. The topological polar surface area (TPSA) is 64.3 Å². The minimum atomic E-state index is -4.45. The highest BCUT2D eigenvalue weighted by Crippen LogP contribution is 2.27. The fourth-order valence-corrected chi connectivity index (χ4v) is 2.18. The average molecular weight is 305 g/mol. The lowest BCUT2D eigenvalue weighted by atomic mass is 10.3. The summed E-state index contributed by atoms with van der Waals surface area (Å²) in [6.45, 7) is 3.24. The maximum atomic E-state index is 12.4. The maximum Gasteiger partial charge on any atom is 0.435 e. The Kier molecular flexibility index (Phi) is 4.84. The van der Waals surface area contributed by atoms with Crippen LogP contribution in [0, 0.1) is 0 Å². The monoisotopic (exact) mass is 305 g/mol. The molecule has 2 rings (SSSR count). The van der Waals surface area contributed by atoms with Crippen LogP contribution in [0.1, 0.15) is 11.4 Å². The van der Waals surface area contributed by atoms with Crippen molar-refractivity contribution < 1.29 is 18.0 Å². The molecule has 1 amide bonds. The lowest BCUT2D eigenvalue weighted by molar-refractivity contribution is -0.141. The van der Waals surface area contributed by atoms with Crippen molar-refractivity contribution in [2.75, 3.05) is 39.8 Å². The molecule has 6 nitrogen and oxygen atoms in total. The van der Waals surface area contributed by atoms with Crippen LogP contribution in [-0.2, 0) is 17.5 Å². The summed E-state index contributed by atoms with van der Waals surface area (Å²) in [4.78, 5) is 15.4. The van der Waals surface area contributed by atoms with Crippen molar-refractivity contribution in [3.63, 3.8) is 0 Å². The van der Waals surface area contributed by atoms with Crippen molar-refractivity contribution in [2.24, 2.45) is 0 Å². The Bertz CT molecular complexity index is 481. The van der Waals surface area contributed by atoms with Crippen molar-refractivity contribution in [1.82, 2.24) is 25.3 Å². The van der Waals surface area contributed by atoms with Gasteiger partial charge >= 0.3 is 6.18 Å². The highest BCUT2D eigenvalue weighted by Gasteiger charge is 2.33. The average Bonchev–Trinajstić information content (AvgIpc) is 2.88. The van der Waals surface area contributed by atoms with Crippen molar-refractivity contribution in [1.29, 1.82) is 0 Å². The van der Waals surface area contributed by atoms with E-state index in [0.29, 0.717) is 18.8 Å². The Labute approximate surface area is 120 Å². The summed E-state index contributed by atoms with van der Waals surface area (Å²) < 4.78 is 37.3. The molecule has 0 atom stereocenters. The third kappa shape index (κ3) is 4.43. The number of aromatic amines is 1. The standard InChI is InChI=1S/C12H18F3N5O/c1-19(8-11(21)20-4-2-16-3-5-20)7-9-6-10(18-17-9)12(13,14)15/h6,16H,2-5,7-8H2,1H3,(H,17,18). The van der Waals surface area contributed by atoms with Crippen LogP contribution < -0.4 is 5.32 Å². The fourth-order valence-electron chi connectivity index (χ4n) is 2.18. The van der Waals surface area contributed by atoms with E-state index in [1.54, 1.807) is 16.8 Å². The number of likely N-dealkylation sites (N-methyl/N-ethyl adjacent to an activating group) is 1. The molecule has 0 saturated carbocycles. The van der Waals surface area contributed by atoms with E-state index in [-0.39, 0.29) is 19.0 Å². The normalized spacial score (nSPS) is 16.5. The number of halogens is 3. The second-order valence-electron chi connectivity index (χ2n) is 5.08. The van der Waals surface area contributed by atoms with Crippen molar-refractivity contribution in [3.8, 4) is 0 Å². The smallest absolute Gasteiger partial charge is 0.339 e. The lowest BCUT2D eigenvalue weighted by Crippen LogP contribution is -2.49. The third-order valence-electron chi connectivity index (χ3n) is 3.24. The highest BCUT2D eigenvalue weighted by atomic mass is 19.4.